The molecule has 4 rings (SSSR count). The summed E-state index contributed by atoms with van der Waals surface area (Å²) < 4.78 is 0. The number of fused-ring (bicyclic) bond motifs is 1. The van der Waals surface area contributed by atoms with Gasteiger partial charge in [-0.2, -0.15) is 0 Å². The lowest BCUT2D eigenvalue weighted by Gasteiger charge is -2.37. The normalized spacial score (nSPS) is 30.0. The standard InChI is InChI=1S/C17H27N5/c1-12-7-13(2)20-17(19-12)21-5-3-16(4-6-21)22-10-14-8-18-9-15(14)11-22/h7,14-16,18H,3-6,8-11H2,1-2H3/t14-,15+. The van der Waals surface area contributed by atoms with E-state index in [0.717, 1.165) is 48.3 Å². The molecule has 3 aliphatic rings. The molecule has 22 heavy (non-hydrogen) atoms. The van der Waals surface area contributed by atoms with E-state index in [0.29, 0.717) is 0 Å². The van der Waals surface area contributed by atoms with Crippen LogP contribution in [0.5, 0.6) is 0 Å². The number of likely N-dealkylation sites (tertiary alicyclic amines) is 1. The molecule has 1 N–H and O–H groups in total. The van der Waals surface area contributed by atoms with Crippen molar-refractivity contribution in [2.24, 2.45) is 11.8 Å². The number of nitrogens with zero attached hydrogens (tertiary/aromatic N) is 4. The van der Waals surface area contributed by atoms with Crippen molar-refractivity contribution in [3.63, 3.8) is 0 Å². The summed E-state index contributed by atoms with van der Waals surface area (Å²) in [6.45, 7) is 11.4. The fraction of sp³-hybridized carbons (Fsp3) is 0.765. The van der Waals surface area contributed by atoms with E-state index in [-0.39, 0.29) is 0 Å². The number of aryl methyl sites for hydroxylation is 2. The lowest BCUT2D eigenvalue weighted by atomic mass is 10.0. The Morgan fingerprint density at radius 2 is 1.59 bits per heavy atom. The van der Waals surface area contributed by atoms with Crippen LogP contribution >= 0.6 is 0 Å². The highest BCUT2D eigenvalue weighted by Gasteiger charge is 2.39. The third kappa shape index (κ3) is 2.72. The minimum Gasteiger partial charge on any atom is -0.341 e. The summed E-state index contributed by atoms with van der Waals surface area (Å²) >= 11 is 0. The van der Waals surface area contributed by atoms with Crippen molar-refractivity contribution in [2.75, 3.05) is 44.2 Å². The third-order valence-corrected chi connectivity index (χ3v) is 5.65. The van der Waals surface area contributed by atoms with Crippen molar-refractivity contribution < 1.29 is 0 Å². The number of rotatable bonds is 2. The maximum absolute atomic E-state index is 4.62. The van der Waals surface area contributed by atoms with Gasteiger partial charge in [-0.25, -0.2) is 9.97 Å². The van der Waals surface area contributed by atoms with Crippen molar-refractivity contribution in [1.82, 2.24) is 20.2 Å². The first kappa shape index (κ1) is 14.4. The quantitative estimate of drug-likeness (QED) is 0.890. The van der Waals surface area contributed by atoms with Crippen LogP contribution in [0.3, 0.4) is 0 Å². The van der Waals surface area contributed by atoms with Crippen LogP contribution in [0.15, 0.2) is 6.07 Å². The van der Waals surface area contributed by atoms with E-state index in [9.17, 15) is 0 Å². The largest absolute Gasteiger partial charge is 0.341 e. The van der Waals surface area contributed by atoms with Gasteiger partial charge in [0.05, 0.1) is 0 Å². The van der Waals surface area contributed by atoms with Crippen molar-refractivity contribution in [3.05, 3.63) is 17.5 Å². The molecule has 3 fully saturated rings. The molecule has 0 radical (unpaired) electrons. The second-order valence-electron chi connectivity index (χ2n) is 7.30. The van der Waals surface area contributed by atoms with Gasteiger partial charge in [-0.15, -0.1) is 0 Å². The molecule has 5 heteroatoms. The van der Waals surface area contributed by atoms with E-state index < -0.39 is 0 Å². The van der Waals surface area contributed by atoms with Crippen molar-refractivity contribution in [2.45, 2.75) is 32.7 Å². The van der Waals surface area contributed by atoms with Crippen LogP contribution in [0.1, 0.15) is 24.2 Å². The van der Waals surface area contributed by atoms with Gasteiger partial charge in [0.1, 0.15) is 0 Å². The summed E-state index contributed by atoms with van der Waals surface area (Å²) in [5.74, 6) is 2.74. The van der Waals surface area contributed by atoms with Crippen LogP contribution in [0.4, 0.5) is 5.95 Å². The molecule has 0 spiro atoms. The molecule has 3 saturated heterocycles. The summed E-state index contributed by atoms with van der Waals surface area (Å²) in [4.78, 5) is 14.4. The number of piperidine rings is 1. The van der Waals surface area contributed by atoms with Crippen LogP contribution in [0.2, 0.25) is 0 Å². The van der Waals surface area contributed by atoms with E-state index in [1.807, 2.05) is 6.07 Å². The van der Waals surface area contributed by atoms with Gasteiger partial charge < -0.3 is 10.2 Å². The van der Waals surface area contributed by atoms with Crippen molar-refractivity contribution in [1.29, 1.82) is 0 Å². The van der Waals surface area contributed by atoms with Gasteiger partial charge in [0.15, 0.2) is 0 Å². The predicted octanol–water partition coefficient (Wildman–Crippen LogP) is 1.21. The fourth-order valence-corrected chi connectivity index (χ4v) is 4.47. The number of anilines is 1. The first-order chi connectivity index (χ1) is 10.7. The molecular weight excluding hydrogens is 274 g/mol. The molecule has 1 aromatic rings. The van der Waals surface area contributed by atoms with Crippen LogP contribution in [-0.2, 0) is 0 Å². The zero-order valence-corrected chi connectivity index (χ0v) is 13.8. The summed E-state index contributed by atoms with van der Waals surface area (Å²) in [5, 5.41) is 3.54. The molecular formula is C17H27N5. The highest BCUT2D eigenvalue weighted by Crippen LogP contribution is 2.31. The number of aromatic nitrogens is 2. The monoisotopic (exact) mass is 301 g/mol. The second kappa shape index (κ2) is 5.78. The Hall–Kier alpha value is -1.20. The Morgan fingerprint density at radius 1 is 1.00 bits per heavy atom. The molecule has 0 aromatic carbocycles. The van der Waals surface area contributed by atoms with Crippen LogP contribution in [-0.4, -0.2) is 60.2 Å². The lowest BCUT2D eigenvalue weighted by molar-refractivity contribution is 0.194. The Balaban J connectivity index is 1.36. The second-order valence-corrected chi connectivity index (χ2v) is 7.30. The first-order valence-corrected chi connectivity index (χ1v) is 8.71. The summed E-state index contributed by atoms with van der Waals surface area (Å²) in [6, 6.07) is 2.82. The van der Waals surface area contributed by atoms with Gasteiger partial charge >= 0.3 is 0 Å². The van der Waals surface area contributed by atoms with Gasteiger partial charge in [0.2, 0.25) is 5.95 Å². The molecule has 4 heterocycles. The predicted molar refractivity (Wildman–Crippen MR) is 88.2 cm³/mol. The van der Waals surface area contributed by atoms with Crippen LogP contribution in [0.25, 0.3) is 0 Å². The highest BCUT2D eigenvalue weighted by atomic mass is 15.3. The Bertz CT molecular complexity index is 506. The average molecular weight is 301 g/mol. The zero-order chi connectivity index (χ0) is 15.1. The fourth-order valence-electron chi connectivity index (χ4n) is 4.47. The van der Waals surface area contributed by atoms with Gasteiger partial charge in [-0.05, 0) is 57.7 Å². The van der Waals surface area contributed by atoms with E-state index in [2.05, 4.69) is 38.9 Å². The maximum Gasteiger partial charge on any atom is 0.225 e. The SMILES string of the molecule is Cc1cc(C)nc(N2CCC(N3C[C@H]4CNC[C@H]4C3)CC2)n1. The maximum atomic E-state index is 4.62. The minimum absolute atomic E-state index is 0.771. The number of hydrogen-bond donors (Lipinski definition) is 1. The molecule has 0 saturated carbocycles. The summed E-state index contributed by atoms with van der Waals surface area (Å²) in [6.07, 6.45) is 2.51. The summed E-state index contributed by atoms with van der Waals surface area (Å²) in [7, 11) is 0. The molecule has 0 aliphatic carbocycles. The van der Waals surface area contributed by atoms with Gasteiger partial charge in [0.25, 0.3) is 0 Å². The zero-order valence-electron chi connectivity index (χ0n) is 13.8. The highest BCUT2D eigenvalue weighted by molar-refractivity contribution is 5.32. The van der Waals surface area contributed by atoms with Gasteiger partial charge in [-0.1, -0.05) is 0 Å². The van der Waals surface area contributed by atoms with E-state index in [1.165, 1.54) is 39.0 Å². The number of hydrogen-bond acceptors (Lipinski definition) is 5. The van der Waals surface area contributed by atoms with Gasteiger partial charge in [0, 0.05) is 43.6 Å². The first-order valence-electron chi connectivity index (χ1n) is 8.71. The minimum atomic E-state index is 0.771. The smallest absolute Gasteiger partial charge is 0.225 e. The topological polar surface area (TPSA) is 44.3 Å². The number of nitrogens with one attached hydrogen (secondary N) is 1. The van der Waals surface area contributed by atoms with Crippen molar-refractivity contribution >= 4 is 5.95 Å². The van der Waals surface area contributed by atoms with Gasteiger partial charge in [-0.3, -0.25) is 4.90 Å². The Morgan fingerprint density at radius 3 is 2.18 bits per heavy atom. The molecule has 5 nitrogen and oxygen atoms in total. The Labute approximate surface area is 133 Å². The average Bonchev–Trinajstić information content (AvgIpc) is 3.07. The summed E-state index contributed by atoms with van der Waals surface area (Å²) in [5.41, 5.74) is 2.15. The molecule has 120 valence electrons. The van der Waals surface area contributed by atoms with E-state index in [4.69, 9.17) is 0 Å². The molecule has 0 amide bonds. The third-order valence-electron chi connectivity index (χ3n) is 5.65. The van der Waals surface area contributed by atoms with Crippen LogP contribution in [0, 0.1) is 25.7 Å². The van der Waals surface area contributed by atoms with E-state index in [1.54, 1.807) is 0 Å². The van der Waals surface area contributed by atoms with Crippen LogP contribution < -0.4 is 10.2 Å². The molecule has 1 aromatic heterocycles. The molecule has 3 aliphatic heterocycles. The molecule has 0 unspecified atom stereocenters. The molecule has 2 atom stereocenters. The Kier molecular flexibility index (Phi) is 3.78. The van der Waals surface area contributed by atoms with Crippen molar-refractivity contribution in [3.8, 4) is 0 Å². The molecule has 0 bridgehead atoms. The lowest BCUT2D eigenvalue weighted by Crippen LogP contribution is -2.45. The van der Waals surface area contributed by atoms with E-state index >= 15 is 0 Å².